The molecule has 0 bridgehead atoms. The van der Waals surface area contributed by atoms with Gasteiger partial charge >= 0.3 is 0 Å². The van der Waals surface area contributed by atoms with E-state index >= 15 is 0 Å². The molecule has 1 aliphatic heterocycles. The Labute approximate surface area is 207 Å². The van der Waals surface area contributed by atoms with E-state index in [-0.39, 0.29) is 11.5 Å². The van der Waals surface area contributed by atoms with E-state index in [1.807, 2.05) is 58.2 Å². The zero-order chi connectivity index (χ0) is 25.1. The zero-order valence-electron chi connectivity index (χ0n) is 18.7. The first-order valence-electron chi connectivity index (χ1n) is 10.9. The van der Waals surface area contributed by atoms with Gasteiger partial charge in [-0.15, -0.1) is 11.3 Å². The predicted octanol–water partition coefficient (Wildman–Crippen LogP) is 1.98. The van der Waals surface area contributed by atoms with Crippen LogP contribution < -0.4 is 18.6 Å². The minimum atomic E-state index is -3.97. The van der Waals surface area contributed by atoms with Crippen molar-refractivity contribution in [3.05, 3.63) is 49.1 Å². The maximum absolute atomic E-state index is 10.9. The molecule has 188 valence electrons. The molecule has 0 aromatic carbocycles. The maximum Gasteiger partial charge on any atom is 0.265 e. The van der Waals surface area contributed by atoms with Gasteiger partial charge in [-0.3, -0.25) is 9.11 Å². The second-order valence-electron chi connectivity index (χ2n) is 8.04. The molecule has 13 heteroatoms. The van der Waals surface area contributed by atoms with Crippen LogP contribution in [0.5, 0.6) is 11.5 Å². The fourth-order valence-electron chi connectivity index (χ4n) is 3.71. The van der Waals surface area contributed by atoms with E-state index in [4.69, 9.17) is 18.6 Å². The molecule has 2 N–H and O–H groups in total. The molecule has 4 heterocycles. The van der Waals surface area contributed by atoms with Crippen LogP contribution in [0.1, 0.15) is 12.8 Å². The highest BCUT2D eigenvalue weighted by molar-refractivity contribution is 7.86. The molecule has 0 unspecified atom stereocenters. The molecule has 0 fully saturated rings. The molecule has 0 atom stereocenters. The smallest absolute Gasteiger partial charge is 0.265 e. The van der Waals surface area contributed by atoms with Gasteiger partial charge in [-0.2, -0.15) is 16.8 Å². The summed E-state index contributed by atoms with van der Waals surface area (Å²) in [5.41, 5.74) is 1.87. The predicted molar refractivity (Wildman–Crippen MR) is 129 cm³/mol. The van der Waals surface area contributed by atoms with Crippen molar-refractivity contribution in [2.45, 2.75) is 25.9 Å². The first kappa shape index (κ1) is 25.5. The van der Waals surface area contributed by atoms with Crippen molar-refractivity contribution < 1.29 is 44.5 Å². The molecule has 4 rings (SSSR count). The van der Waals surface area contributed by atoms with Crippen molar-refractivity contribution in [1.82, 2.24) is 0 Å². The summed E-state index contributed by atoms with van der Waals surface area (Å²) < 4.78 is 77.0. The van der Waals surface area contributed by atoms with Crippen molar-refractivity contribution in [3.8, 4) is 32.4 Å². The summed E-state index contributed by atoms with van der Waals surface area (Å²) in [6.45, 7) is 1.81. The van der Waals surface area contributed by atoms with Crippen molar-refractivity contribution in [1.29, 1.82) is 0 Å². The minimum Gasteiger partial charge on any atom is -0.485 e. The second kappa shape index (κ2) is 10.6. The van der Waals surface area contributed by atoms with E-state index in [9.17, 15) is 16.8 Å². The van der Waals surface area contributed by atoms with Gasteiger partial charge in [-0.1, -0.05) is 0 Å². The van der Waals surface area contributed by atoms with Crippen molar-refractivity contribution in [3.63, 3.8) is 0 Å². The van der Waals surface area contributed by atoms with Gasteiger partial charge in [0.15, 0.2) is 36.3 Å². The summed E-state index contributed by atoms with van der Waals surface area (Å²) in [6.07, 6.45) is 8.03. The van der Waals surface area contributed by atoms with Gasteiger partial charge in [-0.25, -0.2) is 9.13 Å². The second-order valence-corrected chi connectivity index (χ2v) is 12.2. The van der Waals surface area contributed by atoms with Crippen LogP contribution in [-0.2, 0) is 33.3 Å². The first-order chi connectivity index (χ1) is 16.6. The highest BCUT2D eigenvalue weighted by atomic mass is 32.2. The number of fused-ring (bicyclic) bond motifs is 1. The Morgan fingerprint density at radius 2 is 1.09 bits per heavy atom. The third-order valence-corrected chi connectivity index (χ3v) is 8.20. The van der Waals surface area contributed by atoms with Gasteiger partial charge in [0.25, 0.3) is 20.2 Å². The standard InChI is InChI=1S/C22H24N2O8S3/c25-34(26,27)15-1-7-23-9-3-17(4-10-23)21-19-20(32-14-13-31-19)22(33-21)18-5-11-24(12-6-18)8-2-16-35(28,29)30/h3-6,9-12H,1-2,7-8,13-16H2/p+2. The Kier molecular flexibility index (Phi) is 7.71. The summed E-state index contributed by atoms with van der Waals surface area (Å²) in [7, 11) is -7.94. The molecule has 0 spiro atoms. The lowest BCUT2D eigenvalue weighted by Crippen LogP contribution is -2.33. The Balaban J connectivity index is 1.53. The zero-order valence-corrected chi connectivity index (χ0v) is 21.2. The number of hydrogen-bond donors (Lipinski definition) is 2. The van der Waals surface area contributed by atoms with Crippen LogP contribution >= 0.6 is 11.3 Å². The van der Waals surface area contributed by atoms with E-state index in [0.717, 1.165) is 20.9 Å². The summed E-state index contributed by atoms with van der Waals surface area (Å²) in [5.74, 6) is 0.800. The molecule has 0 saturated carbocycles. The van der Waals surface area contributed by atoms with E-state index in [0.29, 0.717) is 50.6 Å². The molecule has 0 aliphatic carbocycles. The van der Waals surface area contributed by atoms with Crippen molar-refractivity contribution in [2.75, 3.05) is 24.7 Å². The Hall–Kier alpha value is -2.58. The van der Waals surface area contributed by atoms with Gasteiger partial charge < -0.3 is 9.47 Å². The molecule has 3 aromatic heterocycles. The van der Waals surface area contributed by atoms with Gasteiger partial charge in [0.05, 0.1) is 21.3 Å². The molecule has 0 radical (unpaired) electrons. The topological polar surface area (TPSA) is 135 Å². The fraction of sp³-hybridized carbons (Fsp3) is 0.364. The van der Waals surface area contributed by atoms with E-state index in [1.165, 1.54) is 0 Å². The lowest BCUT2D eigenvalue weighted by Gasteiger charge is -2.17. The first-order valence-corrected chi connectivity index (χ1v) is 14.9. The highest BCUT2D eigenvalue weighted by Crippen LogP contribution is 2.53. The molecular formula is C22H26N2O8S3+2. The van der Waals surface area contributed by atoms with Crippen LogP contribution in [0.4, 0.5) is 0 Å². The molecular weight excluding hydrogens is 516 g/mol. The number of nitrogens with zero attached hydrogens (tertiary/aromatic N) is 2. The monoisotopic (exact) mass is 542 g/mol. The maximum atomic E-state index is 10.9. The quantitative estimate of drug-likeness (QED) is 0.293. The van der Waals surface area contributed by atoms with E-state index < -0.39 is 20.2 Å². The summed E-state index contributed by atoms with van der Waals surface area (Å²) in [5, 5.41) is 0. The fourth-order valence-corrected chi connectivity index (χ4v) is 5.89. The van der Waals surface area contributed by atoms with Crippen molar-refractivity contribution in [2.24, 2.45) is 0 Å². The normalized spacial score (nSPS) is 13.7. The number of ether oxygens (including phenoxy) is 2. The lowest BCUT2D eigenvalue weighted by atomic mass is 10.1. The molecule has 0 saturated heterocycles. The number of pyridine rings is 2. The Morgan fingerprint density at radius 3 is 1.43 bits per heavy atom. The summed E-state index contributed by atoms with van der Waals surface area (Å²) in [6, 6.07) is 7.70. The lowest BCUT2D eigenvalue weighted by molar-refractivity contribution is -0.696. The molecule has 10 nitrogen and oxygen atoms in total. The molecule has 1 aliphatic rings. The third kappa shape index (κ3) is 6.98. The SMILES string of the molecule is O=S(=O)(O)CCC[n+]1ccc(-c2sc(-c3cc[n+](CCCS(=O)(=O)O)cc3)c3c2OCCO3)cc1. The average molecular weight is 543 g/mol. The van der Waals surface area contributed by atoms with Gasteiger partial charge in [0, 0.05) is 48.2 Å². The number of hydrogen-bond acceptors (Lipinski definition) is 7. The number of aromatic nitrogens is 2. The average Bonchev–Trinajstić information content (AvgIpc) is 3.18. The van der Waals surface area contributed by atoms with Crippen LogP contribution in [0, 0.1) is 0 Å². The van der Waals surface area contributed by atoms with Crippen LogP contribution in [-0.4, -0.2) is 50.7 Å². The van der Waals surface area contributed by atoms with Crippen molar-refractivity contribution >= 4 is 31.6 Å². The van der Waals surface area contributed by atoms with Gasteiger partial charge in [-0.05, 0) is 0 Å². The Bertz CT molecular complexity index is 1280. The highest BCUT2D eigenvalue weighted by Gasteiger charge is 2.27. The number of rotatable bonds is 10. The molecule has 3 aromatic rings. The van der Waals surface area contributed by atoms with Crippen LogP contribution in [0.25, 0.3) is 20.9 Å². The minimum absolute atomic E-state index is 0.285. The van der Waals surface area contributed by atoms with Gasteiger partial charge in [0.1, 0.15) is 26.3 Å². The molecule has 0 amide bonds. The summed E-state index contributed by atoms with van der Waals surface area (Å²) in [4.78, 5) is 1.84. The summed E-state index contributed by atoms with van der Waals surface area (Å²) >= 11 is 1.54. The number of aryl methyl sites for hydroxylation is 2. The van der Waals surface area contributed by atoms with Gasteiger partial charge in [0.2, 0.25) is 0 Å². The molecule has 35 heavy (non-hydrogen) atoms. The van der Waals surface area contributed by atoms with E-state index in [2.05, 4.69) is 0 Å². The van der Waals surface area contributed by atoms with E-state index in [1.54, 1.807) is 11.3 Å². The van der Waals surface area contributed by atoms with Crippen LogP contribution in [0.3, 0.4) is 0 Å². The van der Waals surface area contributed by atoms with Crippen LogP contribution in [0.15, 0.2) is 49.1 Å². The van der Waals surface area contributed by atoms with Crippen LogP contribution in [0.2, 0.25) is 0 Å². The Morgan fingerprint density at radius 1 is 0.714 bits per heavy atom. The number of thiophene rings is 1. The largest absolute Gasteiger partial charge is 0.485 e. The third-order valence-electron chi connectivity index (χ3n) is 5.34.